The molecular weight excluding hydrogens is 284 g/mol. The van der Waals surface area contributed by atoms with Gasteiger partial charge in [0.2, 0.25) is 5.95 Å². The fourth-order valence-electron chi connectivity index (χ4n) is 2.10. The van der Waals surface area contributed by atoms with Gasteiger partial charge in [0, 0.05) is 30.0 Å². The van der Waals surface area contributed by atoms with Gasteiger partial charge in [0.25, 0.3) is 0 Å². The van der Waals surface area contributed by atoms with E-state index in [4.69, 9.17) is 11.6 Å². The van der Waals surface area contributed by atoms with Crippen molar-refractivity contribution in [3.63, 3.8) is 0 Å². The number of nitrogens with zero attached hydrogens (tertiary/aromatic N) is 3. The van der Waals surface area contributed by atoms with Crippen molar-refractivity contribution in [1.82, 2.24) is 9.97 Å². The van der Waals surface area contributed by atoms with Crippen LogP contribution in [0.1, 0.15) is 26.7 Å². The van der Waals surface area contributed by atoms with Crippen LogP contribution in [-0.2, 0) is 0 Å². The lowest BCUT2D eigenvalue weighted by Gasteiger charge is -2.21. The summed E-state index contributed by atoms with van der Waals surface area (Å²) in [6, 6.07) is 9.44. The van der Waals surface area contributed by atoms with Crippen molar-refractivity contribution in [3.05, 3.63) is 41.6 Å². The van der Waals surface area contributed by atoms with Gasteiger partial charge in [-0.3, -0.25) is 0 Å². The molecule has 0 unspecified atom stereocenters. The summed E-state index contributed by atoms with van der Waals surface area (Å²) < 4.78 is 0. The Morgan fingerprint density at radius 3 is 2.33 bits per heavy atom. The molecular formula is C16H21ClN4. The van der Waals surface area contributed by atoms with E-state index in [-0.39, 0.29) is 0 Å². The zero-order valence-corrected chi connectivity index (χ0v) is 13.3. The predicted octanol–water partition coefficient (Wildman–Crippen LogP) is 4.50. The Bertz CT molecular complexity index is 550. The van der Waals surface area contributed by atoms with E-state index in [0.717, 1.165) is 48.4 Å². The molecule has 1 N–H and O–H groups in total. The van der Waals surface area contributed by atoms with Crippen LogP contribution in [0.25, 0.3) is 0 Å². The van der Waals surface area contributed by atoms with Crippen LogP contribution in [0.5, 0.6) is 0 Å². The van der Waals surface area contributed by atoms with Crippen LogP contribution in [0, 0.1) is 0 Å². The molecule has 2 aromatic rings. The Hall–Kier alpha value is -1.81. The van der Waals surface area contributed by atoms with Crippen LogP contribution < -0.4 is 10.2 Å². The molecule has 0 spiro atoms. The van der Waals surface area contributed by atoms with Gasteiger partial charge in [0.05, 0.1) is 0 Å². The molecule has 5 heteroatoms. The molecule has 0 fully saturated rings. The minimum atomic E-state index is 0.723. The Morgan fingerprint density at radius 1 is 1.05 bits per heavy atom. The molecule has 0 saturated carbocycles. The molecule has 0 amide bonds. The molecule has 1 heterocycles. The highest BCUT2D eigenvalue weighted by molar-refractivity contribution is 6.30. The quantitative estimate of drug-likeness (QED) is 0.817. The minimum absolute atomic E-state index is 0.723. The second-order valence-corrected chi connectivity index (χ2v) is 5.30. The summed E-state index contributed by atoms with van der Waals surface area (Å²) in [5.74, 6) is 1.57. The first-order valence-electron chi connectivity index (χ1n) is 7.33. The third kappa shape index (κ3) is 4.60. The molecule has 112 valence electrons. The number of nitrogens with one attached hydrogen (secondary N) is 1. The third-order valence-corrected chi connectivity index (χ3v) is 3.28. The van der Waals surface area contributed by atoms with Crippen LogP contribution >= 0.6 is 11.6 Å². The summed E-state index contributed by atoms with van der Waals surface area (Å²) in [6.45, 7) is 6.27. The molecule has 0 saturated heterocycles. The first-order valence-corrected chi connectivity index (χ1v) is 7.71. The van der Waals surface area contributed by atoms with Crippen LogP contribution in [0.2, 0.25) is 5.02 Å². The van der Waals surface area contributed by atoms with Crippen molar-refractivity contribution < 1.29 is 0 Å². The molecule has 4 nitrogen and oxygen atoms in total. The van der Waals surface area contributed by atoms with E-state index in [1.54, 1.807) is 6.20 Å². The van der Waals surface area contributed by atoms with E-state index in [0.29, 0.717) is 0 Å². The largest absolute Gasteiger partial charge is 0.341 e. The zero-order valence-electron chi connectivity index (χ0n) is 12.5. The number of rotatable bonds is 7. The molecule has 2 rings (SSSR count). The molecule has 0 aliphatic carbocycles. The number of hydrogen-bond donors (Lipinski definition) is 1. The Balaban J connectivity index is 2.14. The van der Waals surface area contributed by atoms with Crippen molar-refractivity contribution >= 4 is 29.1 Å². The van der Waals surface area contributed by atoms with Crippen LogP contribution in [0.15, 0.2) is 36.5 Å². The maximum absolute atomic E-state index is 5.89. The summed E-state index contributed by atoms with van der Waals surface area (Å²) in [6.07, 6.45) is 3.95. The Kier molecular flexibility index (Phi) is 5.81. The summed E-state index contributed by atoms with van der Waals surface area (Å²) >= 11 is 5.89. The predicted molar refractivity (Wildman–Crippen MR) is 89.6 cm³/mol. The second-order valence-electron chi connectivity index (χ2n) is 4.86. The van der Waals surface area contributed by atoms with Gasteiger partial charge < -0.3 is 10.2 Å². The average Bonchev–Trinajstić information content (AvgIpc) is 2.50. The van der Waals surface area contributed by atoms with E-state index in [2.05, 4.69) is 34.0 Å². The van der Waals surface area contributed by atoms with E-state index >= 15 is 0 Å². The zero-order chi connectivity index (χ0) is 15.1. The van der Waals surface area contributed by atoms with Gasteiger partial charge in [-0.1, -0.05) is 25.4 Å². The van der Waals surface area contributed by atoms with E-state index in [1.165, 1.54) is 0 Å². The second kappa shape index (κ2) is 7.84. The highest BCUT2D eigenvalue weighted by atomic mass is 35.5. The van der Waals surface area contributed by atoms with Gasteiger partial charge in [-0.25, -0.2) is 4.98 Å². The Morgan fingerprint density at radius 2 is 1.71 bits per heavy atom. The number of halogens is 1. The topological polar surface area (TPSA) is 41.1 Å². The molecule has 0 radical (unpaired) electrons. The van der Waals surface area contributed by atoms with Crippen molar-refractivity contribution in [1.29, 1.82) is 0 Å². The number of benzene rings is 1. The van der Waals surface area contributed by atoms with Gasteiger partial charge in [-0.2, -0.15) is 4.98 Å². The lowest BCUT2D eigenvalue weighted by Crippen LogP contribution is -2.26. The summed E-state index contributed by atoms with van der Waals surface area (Å²) in [7, 11) is 0. The van der Waals surface area contributed by atoms with Crippen molar-refractivity contribution in [2.45, 2.75) is 26.7 Å². The number of hydrogen-bond acceptors (Lipinski definition) is 4. The molecule has 1 aromatic carbocycles. The minimum Gasteiger partial charge on any atom is -0.341 e. The van der Waals surface area contributed by atoms with Gasteiger partial charge in [0.1, 0.15) is 5.82 Å². The standard InChI is InChI=1S/C16H21ClN4/c1-3-11-21(12-4-2)16-18-10-9-15(20-16)19-14-7-5-13(17)6-8-14/h5-10H,3-4,11-12H2,1-2H3,(H,18,19,20). The highest BCUT2D eigenvalue weighted by Crippen LogP contribution is 2.19. The normalized spacial score (nSPS) is 10.4. The van der Waals surface area contributed by atoms with E-state index in [9.17, 15) is 0 Å². The van der Waals surface area contributed by atoms with Gasteiger partial charge in [-0.15, -0.1) is 0 Å². The third-order valence-electron chi connectivity index (χ3n) is 3.03. The molecule has 0 aliphatic rings. The van der Waals surface area contributed by atoms with Crippen LogP contribution in [-0.4, -0.2) is 23.1 Å². The van der Waals surface area contributed by atoms with Crippen LogP contribution in [0.4, 0.5) is 17.5 Å². The smallest absolute Gasteiger partial charge is 0.227 e. The lowest BCUT2D eigenvalue weighted by atomic mass is 10.3. The first-order chi connectivity index (χ1) is 10.2. The molecule has 0 aliphatic heterocycles. The summed E-state index contributed by atoms with van der Waals surface area (Å²) in [5, 5.41) is 4.00. The maximum atomic E-state index is 5.89. The fourth-order valence-corrected chi connectivity index (χ4v) is 2.23. The summed E-state index contributed by atoms with van der Waals surface area (Å²) in [5.41, 5.74) is 0.960. The van der Waals surface area contributed by atoms with Crippen LogP contribution in [0.3, 0.4) is 0 Å². The average molecular weight is 305 g/mol. The highest BCUT2D eigenvalue weighted by Gasteiger charge is 2.08. The first kappa shape index (κ1) is 15.6. The lowest BCUT2D eigenvalue weighted by molar-refractivity contribution is 0.722. The van der Waals surface area contributed by atoms with E-state index < -0.39 is 0 Å². The molecule has 1 aromatic heterocycles. The fraction of sp³-hybridized carbons (Fsp3) is 0.375. The van der Waals surface area contributed by atoms with Crippen molar-refractivity contribution in [2.75, 3.05) is 23.3 Å². The number of aromatic nitrogens is 2. The maximum Gasteiger partial charge on any atom is 0.227 e. The monoisotopic (exact) mass is 304 g/mol. The van der Waals surface area contributed by atoms with Gasteiger partial charge in [-0.05, 0) is 43.2 Å². The van der Waals surface area contributed by atoms with Crippen molar-refractivity contribution in [3.8, 4) is 0 Å². The molecule has 0 atom stereocenters. The summed E-state index contributed by atoms with van der Waals surface area (Å²) in [4.78, 5) is 11.2. The molecule has 0 bridgehead atoms. The van der Waals surface area contributed by atoms with Gasteiger partial charge in [0.15, 0.2) is 0 Å². The van der Waals surface area contributed by atoms with Crippen molar-refractivity contribution in [2.24, 2.45) is 0 Å². The van der Waals surface area contributed by atoms with Gasteiger partial charge >= 0.3 is 0 Å². The Labute approximate surface area is 131 Å². The van der Waals surface area contributed by atoms with E-state index in [1.807, 2.05) is 30.3 Å². The number of anilines is 3. The molecule has 21 heavy (non-hydrogen) atoms. The SMILES string of the molecule is CCCN(CCC)c1nccc(Nc2ccc(Cl)cc2)n1.